The molecule has 1 rings (SSSR count). The van der Waals surface area contributed by atoms with Gasteiger partial charge in [0.25, 0.3) is 5.91 Å². The van der Waals surface area contributed by atoms with E-state index in [0.717, 1.165) is 11.1 Å². The van der Waals surface area contributed by atoms with Crippen molar-refractivity contribution in [2.45, 2.75) is 33.2 Å². The molecule has 0 aliphatic rings. The minimum Gasteiger partial charge on any atom is -0.347 e. The van der Waals surface area contributed by atoms with E-state index in [9.17, 15) is 4.79 Å². The molecule has 3 nitrogen and oxygen atoms in total. The fourth-order valence-corrected chi connectivity index (χ4v) is 1.46. The number of hydrogen-bond acceptors (Lipinski definition) is 2. The molecule has 0 aromatic heterocycles. The van der Waals surface area contributed by atoms with Crippen molar-refractivity contribution in [2.24, 2.45) is 5.73 Å². The first-order chi connectivity index (χ1) is 8.33. The molecule has 0 atom stereocenters. The zero-order valence-electron chi connectivity index (χ0n) is 11.4. The Morgan fingerprint density at radius 3 is 2.61 bits per heavy atom. The van der Waals surface area contributed by atoms with E-state index in [2.05, 4.69) is 17.2 Å². The van der Waals surface area contributed by atoms with E-state index in [-0.39, 0.29) is 11.4 Å². The lowest BCUT2D eigenvalue weighted by molar-refractivity contribution is 0.0919. The monoisotopic (exact) mass is 244 g/mol. The first-order valence-electron chi connectivity index (χ1n) is 5.95. The van der Waals surface area contributed by atoms with Gasteiger partial charge in [0.15, 0.2) is 0 Å². The number of benzene rings is 1. The van der Waals surface area contributed by atoms with Gasteiger partial charge < -0.3 is 11.1 Å². The highest BCUT2D eigenvalue weighted by Crippen LogP contribution is 2.11. The number of carbonyl (C=O) groups excluding carboxylic acids is 1. The van der Waals surface area contributed by atoms with E-state index in [1.165, 1.54) is 0 Å². The zero-order valence-corrected chi connectivity index (χ0v) is 11.4. The van der Waals surface area contributed by atoms with Gasteiger partial charge in [0.05, 0.1) is 6.54 Å². The Kier molecular flexibility index (Phi) is 4.52. The summed E-state index contributed by atoms with van der Waals surface area (Å²) in [4.78, 5) is 12.0. The Bertz CT molecular complexity index is 501. The van der Waals surface area contributed by atoms with Crippen LogP contribution in [0.5, 0.6) is 0 Å². The highest BCUT2D eigenvalue weighted by molar-refractivity contribution is 5.95. The number of nitrogens with two attached hydrogens (primary N) is 1. The van der Waals surface area contributed by atoms with Crippen molar-refractivity contribution in [2.75, 3.05) is 6.54 Å². The summed E-state index contributed by atoms with van der Waals surface area (Å²) in [5.41, 5.74) is 7.63. The maximum Gasteiger partial charge on any atom is 0.251 e. The van der Waals surface area contributed by atoms with Crippen molar-refractivity contribution in [3.05, 3.63) is 34.9 Å². The average molecular weight is 244 g/mol. The summed E-state index contributed by atoms with van der Waals surface area (Å²) in [5, 5.41) is 2.93. The first-order valence-corrected chi connectivity index (χ1v) is 5.95. The Hall–Kier alpha value is -1.79. The summed E-state index contributed by atoms with van der Waals surface area (Å²) in [6, 6.07) is 5.52. The molecular weight excluding hydrogens is 224 g/mol. The molecule has 18 heavy (non-hydrogen) atoms. The second-order valence-electron chi connectivity index (χ2n) is 5.24. The van der Waals surface area contributed by atoms with Crippen LogP contribution in [0.4, 0.5) is 0 Å². The molecule has 3 heteroatoms. The van der Waals surface area contributed by atoms with Crippen molar-refractivity contribution in [3.63, 3.8) is 0 Å². The van der Waals surface area contributed by atoms with Crippen LogP contribution in [-0.4, -0.2) is 18.0 Å². The molecule has 0 saturated heterocycles. The largest absolute Gasteiger partial charge is 0.347 e. The topological polar surface area (TPSA) is 55.1 Å². The number of rotatable bonds is 1. The highest BCUT2D eigenvalue weighted by atomic mass is 16.1. The van der Waals surface area contributed by atoms with Crippen LogP contribution < -0.4 is 11.1 Å². The van der Waals surface area contributed by atoms with Crippen molar-refractivity contribution in [1.82, 2.24) is 5.32 Å². The van der Waals surface area contributed by atoms with Crippen molar-refractivity contribution >= 4 is 5.91 Å². The van der Waals surface area contributed by atoms with Gasteiger partial charge in [-0.15, -0.1) is 0 Å². The van der Waals surface area contributed by atoms with Gasteiger partial charge in [0.2, 0.25) is 0 Å². The molecule has 1 aromatic rings. The minimum atomic E-state index is -0.245. The second-order valence-corrected chi connectivity index (χ2v) is 5.24. The predicted molar refractivity (Wildman–Crippen MR) is 74.3 cm³/mol. The van der Waals surface area contributed by atoms with Gasteiger partial charge in [-0.3, -0.25) is 4.79 Å². The number of hydrogen-bond donors (Lipinski definition) is 2. The molecule has 0 fully saturated rings. The van der Waals surface area contributed by atoms with E-state index in [4.69, 9.17) is 5.73 Å². The molecule has 0 spiro atoms. The lowest BCUT2D eigenvalue weighted by Crippen LogP contribution is -2.40. The van der Waals surface area contributed by atoms with Gasteiger partial charge in [0, 0.05) is 16.7 Å². The molecule has 1 aromatic carbocycles. The number of amides is 1. The summed E-state index contributed by atoms with van der Waals surface area (Å²) in [5.74, 6) is 5.70. The molecule has 0 bridgehead atoms. The number of aryl methyl sites for hydroxylation is 1. The minimum absolute atomic E-state index is 0.0849. The SMILES string of the molecule is Cc1ccc(C(=O)NC(C)(C)C)cc1C#CCN. The molecule has 0 aliphatic heterocycles. The van der Waals surface area contributed by atoms with E-state index < -0.39 is 0 Å². The summed E-state index contributed by atoms with van der Waals surface area (Å²) in [6.45, 7) is 8.14. The third kappa shape index (κ3) is 4.23. The van der Waals surface area contributed by atoms with Crippen LogP contribution in [0.1, 0.15) is 42.3 Å². The summed E-state index contributed by atoms with van der Waals surface area (Å²) >= 11 is 0. The van der Waals surface area contributed by atoms with E-state index >= 15 is 0 Å². The third-order valence-electron chi connectivity index (χ3n) is 2.31. The molecule has 96 valence electrons. The maximum absolute atomic E-state index is 12.0. The van der Waals surface area contributed by atoms with Gasteiger partial charge in [-0.1, -0.05) is 17.9 Å². The standard InChI is InChI=1S/C15H20N2O/c1-11-7-8-13(10-12(11)6-5-9-16)14(18)17-15(2,3)4/h7-8,10H,9,16H2,1-4H3,(H,17,18). The lowest BCUT2D eigenvalue weighted by atomic mass is 10.0. The third-order valence-corrected chi connectivity index (χ3v) is 2.31. The first kappa shape index (κ1) is 14.3. The Balaban J connectivity index is 3.01. The van der Waals surface area contributed by atoms with Crippen molar-refractivity contribution < 1.29 is 4.79 Å². The maximum atomic E-state index is 12.0. The van der Waals surface area contributed by atoms with E-state index in [1.807, 2.05) is 39.8 Å². The molecular formula is C15H20N2O. The summed E-state index contributed by atoms with van der Waals surface area (Å²) < 4.78 is 0. The second kappa shape index (κ2) is 5.70. The van der Waals surface area contributed by atoms with E-state index in [0.29, 0.717) is 12.1 Å². The highest BCUT2D eigenvalue weighted by Gasteiger charge is 2.15. The number of nitrogens with one attached hydrogen (secondary N) is 1. The Morgan fingerprint density at radius 1 is 1.39 bits per heavy atom. The van der Waals surface area contributed by atoms with Gasteiger partial charge in [0.1, 0.15) is 0 Å². The number of carbonyl (C=O) groups is 1. The van der Waals surface area contributed by atoms with Gasteiger partial charge >= 0.3 is 0 Å². The van der Waals surface area contributed by atoms with Crippen LogP contribution in [0.15, 0.2) is 18.2 Å². The molecule has 0 heterocycles. The molecule has 0 unspecified atom stereocenters. The van der Waals surface area contributed by atoms with Gasteiger partial charge in [-0.2, -0.15) is 0 Å². The predicted octanol–water partition coefficient (Wildman–Crippen LogP) is 1.83. The molecule has 3 N–H and O–H groups in total. The van der Waals surface area contributed by atoms with Crippen LogP contribution >= 0.6 is 0 Å². The van der Waals surface area contributed by atoms with Gasteiger partial charge in [-0.05, 0) is 45.4 Å². The van der Waals surface area contributed by atoms with Crippen LogP contribution in [0.2, 0.25) is 0 Å². The quantitative estimate of drug-likeness (QED) is 0.741. The fraction of sp³-hybridized carbons (Fsp3) is 0.400. The smallest absolute Gasteiger partial charge is 0.251 e. The van der Waals surface area contributed by atoms with E-state index in [1.54, 1.807) is 6.07 Å². The fourth-order valence-electron chi connectivity index (χ4n) is 1.46. The zero-order chi connectivity index (χ0) is 13.8. The molecule has 1 amide bonds. The van der Waals surface area contributed by atoms with Gasteiger partial charge in [-0.25, -0.2) is 0 Å². The summed E-state index contributed by atoms with van der Waals surface area (Å²) in [7, 11) is 0. The Labute approximate surface area is 109 Å². The lowest BCUT2D eigenvalue weighted by Gasteiger charge is -2.20. The van der Waals surface area contributed by atoms with Crippen molar-refractivity contribution in [3.8, 4) is 11.8 Å². The van der Waals surface area contributed by atoms with Crippen LogP contribution in [0.25, 0.3) is 0 Å². The molecule has 0 saturated carbocycles. The van der Waals surface area contributed by atoms with Crippen LogP contribution in [0.3, 0.4) is 0 Å². The summed E-state index contributed by atoms with van der Waals surface area (Å²) in [6.07, 6.45) is 0. The Morgan fingerprint density at radius 2 is 2.06 bits per heavy atom. The van der Waals surface area contributed by atoms with Crippen LogP contribution in [-0.2, 0) is 0 Å². The molecule has 0 aliphatic carbocycles. The normalized spacial score (nSPS) is 10.5. The van der Waals surface area contributed by atoms with Crippen LogP contribution in [0, 0.1) is 18.8 Å². The molecule has 0 radical (unpaired) electrons. The average Bonchev–Trinajstić information content (AvgIpc) is 2.25. The van der Waals surface area contributed by atoms with Crippen molar-refractivity contribution in [1.29, 1.82) is 0 Å².